The number of hydrogen-bond acceptors (Lipinski definition) is 0. The SMILES string of the molecule is Fc1c(F)c(F)c(C23C=CC4(c5ccc(C(F)(F)F)cc5)c5c2c2c6c7c8c9c%10c%11c%12c%13c%14c%15c(c5c5c%14c%11c8c25)C4CCC%15C%13CCC%12C%10CCC9C7CCC63)c(F)c1F. The molecule has 0 aromatic heterocycles. The Labute approximate surface area is 341 Å². The normalized spacial score (nSPS) is 34.1. The van der Waals surface area contributed by atoms with Crippen molar-refractivity contribution in [3.8, 4) is 0 Å². The number of hydrogen-bond donors (Lipinski definition) is 0. The minimum absolute atomic E-state index is 0.185. The number of halogens is 8. The van der Waals surface area contributed by atoms with Crippen molar-refractivity contribution in [1.29, 1.82) is 0 Å². The Bertz CT molecular complexity index is 3620. The summed E-state index contributed by atoms with van der Waals surface area (Å²) in [5.41, 5.74) is 8.99. The third kappa shape index (κ3) is 2.64. The van der Waals surface area contributed by atoms with Crippen LogP contribution in [0.4, 0.5) is 35.1 Å². The zero-order valence-corrected chi connectivity index (χ0v) is 32.3. The summed E-state index contributed by atoms with van der Waals surface area (Å²) in [7, 11) is 0. The van der Waals surface area contributed by atoms with Gasteiger partial charge in [-0.05, 0) is 214 Å². The topological polar surface area (TPSA) is 0 Å². The van der Waals surface area contributed by atoms with Crippen LogP contribution >= 0.6 is 0 Å². The van der Waals surface area contributed by atoms with Crippen molar-refractivity contribution in [3.63, 3.8) is 0 Å². The highest BCUT2D eigenvalue weighted by molar-refractivity contribution is 6.49. The van der Waals surface area contributed by atoms with E-state index in [2.05, 4.69) is 0 Å². The predicted octanol–water partition coefficient (Wildman–Crippen LogP) is 14.5. The molecule has 10 aliphatic carbocycles. The molecule has 61 heavy (non-hydrogen) atoms. The van der Waals surface area contributed by atoms with E-state index in [0.29, 0.717) is 47.1 Å². The molecule has 8 aromatic rings. The molecular formula is C53H30F8. The van der Waals surface area contributed by atoms with E-state index in [9.17, 15) is 13.2 Å². The minimum atomic E-state index is -4.56. The van der Waals surface area contributed by atoms with Crippen LogP contribution in [0.5, 0.6) is 0 Å². The van der Waals surface area contributed by atoms with Crippen LogP contribution in [0.1, 0.15) is 171 Å². The number of fused-ring (bicyclic) bond motifs is 5. The van der Waals surface area contributed by atoms with Crippen LogP contribution in [0.25, 0.3) is 53.9 Å². The molecule has 0 nitrogen and oxygen atoms in total. The monoisotopic (exact) mass is 818 g/mol. The molecule has 0 aliphatic heterocycles. The Balaban J connectivity index is 1.15. The smallest absolute Gasteiger partial charge is 0.203 e. The highest BCUT2D eigenvalue weighted by Gasteiger charge is 2.67. The highest BCUT2D eigenvalue weighted by atomic mass is 19.4. The molecule has 10 atom stereocenters. The van der Waals surface area contributed by atoms with Crippen LogP contribution in [-0.2, 0) is 17.0 Å². The molecule has 8 aromatic carbocycles. The van der Waals surface area contributed by atoms with Crippen LogP contribution in [0.3, 0.4) is 0 Å². The zero-order chi connectivity index (χ0) is 40.2. The summed E-state index contributed by atoms with van der Waals surface area (Å²) < 4.78 is 124. The molecule has 0 saturated carbocycles. The lowest BCUT2D eigenvalue weighted by Gasteiger charge is -2.48. The number of alkyl halides is 3. The lowest BCUT2D eigenvalue weighted by Crippen LogP contribution is -2.42. The summed E-state index contributed by atoms with van der Waals surface area (Å²) in [6.45, 7) is 0. The molecular weight excluding hydrogens is 789 g/mol. The average Bonchev–Trinajstić information content (AvgIpc) is 4.08. The van der Waals surface area contributed by atoms with Gasteiger partial charge in [0.05, 0.1) is 11.0 Å². The average molecular weight is 819 g/mol. The molecule has 0 spiro atoms. The maximum Gasteiger partial charge on any atom is 0.416 e. The predicted molar refractivity (Wildman–Crippen MR) is 215 cm³/mol. The van der Waals surface area contributed by atoms with E-state index in [1.165, 1.54) is 66.4 Å². The molecule has 10 aliphatic rings. The first-order valence-corrected chi connectivity index (χ1v) is 22.4. The maximum atomic E-state index is 17.1. The molecule has 10 unspecified atom stereocenters. The van der Waals surface area contributed by atoms with Crippen LogP contribution in [0, 0.1) is 29.1 Å². The quantitative estimate of drug-likeness (QED) is 0.0536. The molecule has 0 amide bonds. The lowest BCUT2D eigenvalue weighted by atomic mass is 9.54. The Kier molecular flexibility index (Phi) is 4.59. The zero-order valence-electron chi connectivity index (χ0n) is 32.3. The van der Waals surface area contributed by atoms with Crippen LogP contribution < -0.4 is 0 Å². The van der Waals surface area contributed by atoms with Crippen LogP contribution in [-0.4, -0.2) is 0 Å². The van der Waals surface area contributed by atoms with Gasteiger partial charge in [-0.15, -0.1) is 0 Å². The fraction of sp³-hybridized carbons (Fsp3) is 0.358. The Morgan fingerprint density at radius 2 is 0.705 bits per heavy atom. The van der Waals surface area contributed by atoms with Gasteiger partial charge < -0.3 is 0 Å². The van der Waals surface area contributed by atoms with Gasteiger partial charge in [0.1, 0.15) is 0 Å². The maximum absolute atomic E-state index is 17.1. The highest BCUT2D eigenvalue weighted by Crippen LogP contribution is 2.81. The number of rotatable bonds is 2. The van der Waals surface area contributed by atoms with Crippen LogP contribution in [0.2, 0.25) is 0 Å². The third-order valence-corrected chi connectivity index (χ3v) is 19.9. The summed E-state index contributed by atoms with van der Waals surface area (Å²) >= 11 is 0. The number of benzene rings is 7. The molecule has 0 fully saturated rings. The molecule has 0 saturated heterocycles. The fourth-order valence-corrected chi connectivity index (χ4v) is 18.7. The molecule has 298 valence electrons. The molecule has 0 radical (unpaired) electrons. The van der Waals surface area contributed by atoms with Crippen molar-refractivity contribution in [2.75, 3.05) is 0 Å². The first-order chi connectivity index (χ1) is 29.5. The first kappa shape index (κ1) is 31.8. The Hall–Kier alpha value is -4.98. The van der Waals surface area contributed by atoms with Gasteiger partial charge in [0.15, 0.2) is 23.3 Å². The minimum Gasteiger partial charge on any atom is -0.203 e. The van der Waals surface area contributed by atoms with Crippen molar-refractivity contribution in [2.24, 2.45) is 0 Å². The van der Waals surface area contributed by atoms with Crippen LogP contribution in [0.15, 0.2) is 36.4 Å². The molecule has 0 bridgehead atoms. The van der Waals surface area contributed by atoms with Gasteiger partial charge in [-0.25, -0.2) is 22.0 Å². The third-order valence-electron chi connectivity index (χ3n) is 19.9. The van der Waals surface area contributed by atoms with Crippen molar-refractivity contribution < 1.29 is 35.1 Å². The largest absolute Gasteiger partial charge is 0.416 e. The standard InChI is InChI=1S/C53H30F8/c54-46-45(47(55)49(57)50(58)48(46)56)52-14-13-51(15-1-3-16(4-2-15)53(59,60)61)23-11-9-21-19-7-5-17-18-6-8-20-22-10-12-24(52)32-30(22)35-28(20)26(18)33-25(17)27(19)34-29(21)31(23)41-39-37(34)36(33)38(35)40(39)42(32)44(52)43(41)51/h1-4,13-14,17-24H,5-12H2. The fourth-order valence-electron chi connectivity index (χ4n) is 18.7. The van der Waals surface area contributed by atoms with Gasteiger partial charge in [-0.2, -0.15) is 13.2 Å². The second-order valence-electron chi connectivity index (χ2n) is 21.0. The van der Waals surface area contributed by atoms with Crippen molar-refractivity contribution >= 4 is 53.9 Å². The summed E-state index contributed by atoms with van der Waals surface area (Å²) in [4.78, 5) is 0. The van der Waals surface area contributed by atoms with E-state index in [1.807, 2.05) is 6.08 Å². The van der Waals surface area contributed by atoms with E-state index in [0.717, 1.165) is 77.9 Å². The Morgan fingerprint density at radius 3 is 1.15 bits per heavy atom. The van der Waals surface area contributed by atoms with E-state index >= 15 is 22.0 Å². The summed E-state index contributed by atoms with van der Waals surface area (Å²) in [6.07, 6.45) is 6.72. The second kappa shape index (κ2) is 8.81. The Morgan fingerprint density at radius 1 is 0.361 bits per heavy atom. The van der Waals surface area contributed by atoms with Crippen molar-refractivity contribution in [2.45, 2.75) is 116 Å². The summed E-state index contributed by atoms with van der Waals surface area (Å²) in [6, 6.07) is 5.47. The van der Waals surface area contributed by atoms with Gasteiger partial charge in [0.2, 0.25) is 5.82 Å². The second-order valence-corrected chi connectivity index (χ2v) is 21.0. The van der Waals surface area contributed by atoms with Gasteiger partial charge in [-0.3, -0.25) is 0 Å². The van der Waals surface area contributed by atoms with Gasteiger partial charge in [-0.1, -0.05) is 24.3 Å². The first-order valence-electron chi connectivity index (χ1n) is 22.4. The van der Waals surface area contributed by atoms with Gasteiger partial charge in [0, 0.05) is 22.8 Å². The van der Waals surface area contributed by atoms with E-state index in [-0.39, 0.29) is 11.8 Å². The van der Waals surface area contributed by atoms with Crippen molar-refractivity contribution in [1.82, 2.24) is 0 Å². The summed E-state index contributed by atoms with van der Waals surface area (Å²) in [5, 5.41) is 12.4. The van der Waals surface area contributed by atoms with Crippen molar-refractivity contribution in [3.05, 3.63) is 138 Å². The molecule has 0 N–H and O–H groups in total. The van der Waals surface area contributed by atoms with E-state index in [1.54, 1.807) is 34.9 Å². The van der Waals surface area contributed by atoms with Gasteiger partial charge >= 0.3 is 6.18 Å². The number of allylic oxidation sites excluding steroid dienone is 2. The lowest BCUT2D eigenvalue weighted by molar-refractivity contribution is -0.137. The van der Waals surface area contributed by atoms with E-state index < -0.39 is 63.1 Å². The van der Waals surface area contributed by atoms with E-state index in [4.69, 9.17) is 0 Å². The molecule has 0 heterocycles. The van der Waals surface area contributed by atoms with Gasteiger partial charge in [0.25, 0.3) is 0 Å². The summed E-state index contributed by atoms with van der Waals surface area (Å²) in [5.74, 6) is -8.29. The molecule has 8 heteroatoms. The molecule has 18 rings (SSSR count).